The molecule has 0 radical (unpaired) electrons. The van der Waals surface area contributed by atoms with Crippen molar-refractivity contribution in [3.05, 3.63) is 72.2 Å². The molecule has 1 unspecified atom stereocenters. The molecule has 2 aromatic heterocycles. The van der Waals surface area contributed by atoms with Crippen molar-refractivity contribution in [2.45, 2.75) is 37.8 Å². The number of ether oxygens (including phenoxy) is 1. The number of rotatable bonds is 5. The van der Waals surface area contributed by atoms with E-state index in [0.29, 0.717) is 23.9 Å². The topological polar surface area (TPSA) is 68.2 Å². The molecule has 6 nitrogen and oxygen atoms in total. The highest BCUT2D eigenvalue weighted by molar-refractivity contribution is 6.00. The Morgan fingerprint density at radius 1 is 1.00 bits per heavy atom. The van der Waals surface area contributed by atoms with Crippen molar-refractivity contribution in [3.8, 4) is 17.3 Å². The highest BCUT2D eigenvalue weighted by Crippen LogP contribution is 2.41. The van der Waals surface area contributed by atoms with E-state index in [9.17, 15) is 13.6 Å². The van der Waals surface area contributed by atoms with E-state index in [1.54, 1.807) is 24.5 Å². The van der Waals surface area contributed by atoms with Crippen molar-refractivity contribution in [1.82, 2.24) is 19.9 Å². The summed E-state index contributed by atoms with van der Waals surface area (Å²) in [6.45, 7) is 0.387. The van der Waals surface area contributed by atoms with Gasteiger partial charge in [-0.2, -0.15) is 0 Å². The van der Waals surface area contributed by atoms with Crippen LogP contribution in [0.25, 0.3) is 11.4 Å². The van der Waals surface area contributed by atoms with E-state index < -0.39 is 11.6 Å². The summed E-state index contributed by atoms with van der Waals surface area (Å²) in [6.07, 6.45) is 7.89. The minimum absolute atomic E-state index is 0.00509. The summed E-state index contributed by atoms with van der Waals surface area (Å²) in [5.74, 6) is -0.225. The number of fused-ring (bicyclic) bond motifs is 2. The SMILES string of the molecule is O=C(c1cc(F)ccc1-c1ncccn1)N1C2CC[C@H]1CC[C@@H]2COc1ccc(F)cn1. The van der Waals surface area contributed by atoms with E-state index in [1.165, 1.54) is 24.3 Å². The van der Waals surface area contributed by atoms with Crippen molar-refractivity contribution in [1.29, 1.82) is 0 Å². The van der Waals surface area contributed by atoms with Gasteiger partial charge in [0.05, 0.1) is 18.4 Å². The maximum absolute atomic E-state index is 14.1. The van der Waals surface area contributed by atoms with E-state index in [4.69, 9.17) is 4.74 Å². The molecular weight excluding hydrogens is 414 g/mol. The van der Waals surface area contributed by atoms with E-state index >= 15 is 0 Å². The highest BCUT2D eigenvalue weighted by Gasteiger charge is 2.45. The smallest absolute Gasteiger partial charge is 0.255 e. The lowest BCUT2D eigenvalue weighted by atomic mass is 9.90. The zero-order chi connectivity index (χ0) is 22.1. The average molecular weight is 436 g/mol. The number of hydrogen-bond acceptors (Lipinski definition) is 5. The molecule has 32 heavy (non-hydrogen) atoms. The summed E-state index contributed by atoms with van der Waals surface area (Å²) in [5, 5.41) is 0. The van der Waals surface area contributed by atoms with Gasteiger partial charge in [-0.15, -0.1) is 0 Å². The number of piperidine rings is 1. The molecule has 0 saturated carbocycles. The molecule has 2 aliphatic rings. The van der Waals surface area contributed by atoms with Crippen LogP contribution in [-0.4, -0.2) is 44.4 Å². The Kier molecular flexibility index (Phi) is 5.51. The second-order valence-corrected chi connectivity index (χ2v) is 8.24. The summed E-state index contributed by atoms with van der Waals surface area (Å²) in [7, 11) is 0. The van der Waals surface area contributed by atoms with Crippen LogP contribution in [0.3, 0.4) is 0 Å². The van der Waals surface area contributed by atoms with Crippen LogP contribution in [0.1, 0.15) is 36.0 Å². The Bertz CT molecular complexity index is 1110. The van der Waals surface area contributed by atoms with Gasteiger partial charge < -0.3 is 9.64 Å². The fourth-order valence-electron chi connectivity index (χ4n) is 4.87. The largest absolute Gasteiger partial charge is 0.477 e. The van der Waals surface area contributed by atoms with Crippen LogP contribution >= 0.6 is 0 Å². The molecule has 0 aliphatic carbocycles. The maximum atomic E-state index is 14.1. The molecule has 2 aliphatic heterocycles. The summed E-state index contributed by atoms with van der Waals surface area (Å²) >= 11 is 0. The second-order valence-electron chi connectivity index (χ2n) is 8.24. The molecule has 1 amide bonds. The minimum atomic E-state index is -0.473. The number of carbonyl (C=O) groups is 1. The summed E-state index contributed by atoms with van der Waals surface area (Å²) in [5.41, 5.74) is 0.792. The van der Waals surface area contributed by atoms with E-state index in [-0.39, 0.29) is 29.5 Å². The third-order valence-corrected chi connectivity index (χ3v) is 6.36. The molecular formula is C24H22F2N4O2. The number of carbonyl (C=O) groups excluding carboxylic acids is 1. The fourth-order valence-corrected chi connectivity index (χ4v) is 4.87. The maximum Gasteiger partial charge on any atom is 0.255 e. The van der Waals surface area contributed by atoms with Crippen molar-refractivity contribution in [3.63, 3.8) is 0 Å². The number of aromatic nitrogens is 3. The lowest BCUT2D eigenvalue weighted by Gasteiger charge is -2.40. The highest BCUT2D eigenvalue weighted by atomic mass is 19.1. The van der Waals surface area contributed by atoms with Crippen molar-refractivity contribution < 1.29 is 18.3 Å². The normalized spacial score (nSPS) is 22.1. The molecule has 8 heteroatoms. The predicted octanol–water partition coefficient (Wildman–Crippen LogP) is 4.28. The van der Waals surface area contributed by atoms with Crippen LogP contribution < -0.4 is 4.74 Å². The zero-order valence-electron chi connectivity index (χ0n) is 17.3. The monoisotopic (exact) mass is 436 g/mol. The van der Waals surface area contributed by atoms with Crippen LogP contribution in [-0.2, 0) is 0 Å². The quantitative estimate of drug-likeness (QED) is 0.597. The van der Waals surface area contributed by atoms with Gasteiger partial charge in [0.25, 0.3) is 5.91 Å². The van der Waals surface area contributed by atoms with Gasteiger partial charge in [-0.05, 0) is 56.0 Å². The first-order valence-corrected chi connectivity index (χ1v) is 10.7. The molecule has 5 rings (SSSR count). The van der Waals surface area contributed by atoms with Crippen LogP contribution in [0.15, 0.2) is 55.0 Å². The van der Waals surface area contributed by atoms with E-state index in [0.717, 1.165) is 31.9 Å². The average Bonchev–Trinajstić information content (AvgIpc) is 3.13. The minimum Gasteiger partial charge on any atom is -0.477 e. The van der Waals surface area contributed by atoms with E-state index in [1.807, 2.05) is 4.90 Å². The van der Waals surface area contributed by atoms with Gasteiger partial charge in [0.1, 0.15) is 11.6 Å². The third-order valence-electron chi connectivity index (χ3n) is 6.36. The second kappa shape index (κ2) is 8.61. The summed E-state index contributed by atoms with van der Waals surface area (Å²) < 4.78 is 33.0. The van der Waals surface area contributed by atoms with Gasteiger partial charge in [-0.3, -0.25) is 4.79 Å². The molecule has 3 aromatic rings. The molecule has 4 heterocycles. The van der Waals surface area contributed by atoms with Gasteiger partial charge in [0, 0.05) is 42.0 Å². The lowest BCUT2D eigenvalue weighted by Crippen LogP contribution is -2.49. The number of amides is 1. The third kappa shape index (κ3) is 3.92. The van der Waals surface area contributed by atoms with Crippen molar-refractivity contribution in [2.24, 2.45) is 5.92 Å². The van der Waals surface area contributed by atoms with Gasteiger partial charge in [0.2, 0.25) is 5.88 Å². The van der Waals surface area contributed by atoms with Crippen molar-refractivity contribution in [2.75, 3.05) is 6.61 Å². The number of nitrogens with zero attached hydrogens (tertiary/aromatic N) is 4. The Hall–Kier alpha value is -3.42. The molecule has 0 spiro atoms. The van der Waals surface area contributed by atoms with Crippen molar-refractivity contribution >= 4 is 5.91 Å². The number of halogens is 2. The van der Waals surface area contributed by atoms with Gasteiger partial charge >= 0.3 is 0 Å². The molecule has 0 N–H and O–H groups in total. The number of benzene rings is 1. The predicted molar refractivity (Wildman–Crippen MR) is 113 cm³/mol. The van der Waals surface area contributed by atoms with E-state index in [2.05, 4.69) is 15.0 Å². The van der Waals surface area contributed by atoms with Crippen LogP contribution in [0.2, 0.25) is 0 Å². The van der Waals surface area contributed by atoms with Crippen LogP contribution in [0, 0.1) is 17.6 Å². The first-order valence-electron chi connectivity index (χ1n) is 10.7. The molecule has 2 bridgehead atoms. The Morgan fingerprint density at radius 3 is 2.56 bits per heavy atom. The van der Waals surface area contributed by atoms with Gasteiger partial charge in [0.15, 0.2) is 5.82 Å². The van der Waals surface area contributed by atoms with Gasteiger partial charge in [-0.1, -0.05) is 0 Å². The van der Waals surface area contributed by atoms with Crippen LogP contribution in [0.4, 0.5) is 8.78 Å². The number of pyridine rings is 1. The number of hydrogen-bond donors (Lipinski definition) is 0. The summed E-state index contributed by atoms with van der Waals surface area (Å²) in [6, 6.07) is 8.77. The Balaban J connectivity index is 1.39. The molecule has 3 atom stereocenters. The molecule has 2 fully saturated rings. The van der Waals surface area contributed by atoms with Gasteiger partial charge in [-0.25, -0.2) is 23.7 Å². The Labute approximate surface area is 184 Å². The summed E-state index contributed by atoms with van der Waals surface area (Å²) in [4.78, 5) is 28.0. The molecule has 1 aromatic carbocycles. The molecule has 2 saturated heterocycles. The Morgan fingerprint density at radius 2 is 1.78 bits per heavy atom. The fraction of sp³-hybridized carbons (Fsp3) is 0.333. The lowest BCUT2D eigenvalue weighted by molar-refractivity contribution is 0.0403. The standard InChI is InChI=1S/C24H22F2N4O2/c25-16-3-7-19(23-27-10-1-11-28-23)20(12-16)24(31)30-18-5-2-15(21(30)8-6-18)14-32-22-9-4-17(26)13-29-22/h1,3-4,7,9-13,15,18,21H,2,5-6,8,14H2/t15-,18-,21?/m1/s1. The van der Waals surface area contributed by atoms with Crippen LogP contribution in [0.5, 0.6) is 5.88 Å². The first kappa shape index (κ1) is 20.5. The zero-order valence-corrected chi connectivity index (χ0v) is 17.3. The first-order chi connectivity index (χ1) is 15.6. The molecule has 164 valence electrons.